The van der Waals surface area contributed by atoms with Crippen molar-refractivity contribution in [3.05, 3.63) is 54.0 Å². The topological polar surface area (TPSA) is 92.3 Å². The van der Waals surface area contributed by atoms with Crippen LogP contribution in [0.4, 0.5) is 5.82 Å². The molecule has 2 rings (SSSR count). The highest BCUT2D eigenvalue weighted by Crippen LogP contribution is 2.19. The minimum absolute atomic E-state index is 0.0885. The summed E-state index contributed by atoms with van der Waals surface area (Å²) in [5.41, 5.74) is 6.87. The van der Waals surface area contributed by atoms with Crippen LogP contribution in [0, 0.1) is 5.92 Å². The van der Waals surface area contributed by atoms with Crippen molar-refractivity contribution in [1.29, 1.82) is 0 Å². The maximum atomic E-state index is 12.9. The van der Waals surface area contributed by atoms with E-state index in [2.05, 4.69) is 9.97 Å². The van der Waals surface area contributed by atoms with Gasteiger partial charge in [0.15, 0.2) is 11.5 Å². The zero-order valence-electron chi connectivity index (χ0n) is 13.4. The summed E-state index contributed by atoms with van der Waals surface area (Å²) in [4.78, 5) is 22.5. The van der Waals surface area contributed by atoms with Crippen LogP contribution < -0.4 is 5.73 Å². The van der Waals surface area contributed by atoms with Crippen molar-refractivity contribution in [1.82, 2.24) is 14.9 Å². The zero-order valence-corrected chi connectivity index (χ0v) is 13.4. The SMILES string of the molecule is CC(C)[C@H](CO)N(Cc1ccccc1)C(=O)c1nccnc1N. The highest BCUT2D eigenvalue weighted by atomic mass is 16.3. The van der Waals surface area contributed by atoms with E-state index in [1.54, 1.807) is 4.90 Å². The third-order valence-electron chi connectivity index (χ3n) is 3.74. The Morgan fingerprint density at radius 1 is 1.22 bits per heavy atom. The summed E-state index contributed by atoms with van der Waals surface area (Å²) in [6.45, 7) is 4.17. The molecule has 0 aliphatic rings. The van der Waals surface area contributed by atoms with Crippen LogP contribution in [0.3, 0.4) is 0 Å². The third-order valence-corrected chi connectivity index (χ3v) is 3.74. The first-order valence-electron chi connectivity index (χ1n) is 7.56. The number of hydrogen-bond acceptors (Lipinski definition) is 5. The average molecular weight is 314 g/mol. The number of rotatable bonds is 6. The molecule has 0 bridgehead atoms. The molecule has 1 atom stereocenters. The fraction of sp³-hybridized carbons (Fsp3) is 0.353. The number of nitrogens with two attached hydrogens (primary N) is 1. The summed E-state index contributed by atoms with van der Waals surface area (Å²) in [5, 5.41) is 9.75. The Bertz CT molecular complexity index is 646. The summed E-state index contributed by atoms with van der Waals surface area (Å²) >= 11 is 0. The average Bonchev–Trinajstić information content (AvgIpc) is 2.55. The summed E-state index contributed by atoms with van der Waals surface area (Å²) < 4.78 is 0. The number of carbonyl (C=O) groups is 1. The molecule has 0 unspecified atom stereocenters. The maximum absolute atomic E-state index is 12.9. The van der Waals surface area contributed by atoms with Gasteiger partial charge in [-0.05, 0) is 11.5 Å². The standard InChI is InChI=1S/C17H22N4O2/c1-12(2)14(11-22)21(10-13-6-4-3-5-7-13)17(23)15-16(18)20-9-8-19-15/h3-9,12,14,22H,10-11H2,1-2H3,(H2,18,20)/t14-/m0/s1. The van der Waals surface area contributed by atoms with Crippen molar-refractivity contribution in [3.63, 3.8) is 0 Å². The molecule has 23 heavy (non-hydrogen) atoms. The number of hydrogen-bond donors (Lipinski definition) is 2. The van der Waals surface area contributed by atoms with E-state index >= 15 is 0 Å². The number of aliphatic hydroxyl groups excluding tert-OH is 1. The first kappa shape index (κ1) is 16.9. The number of aromatic nitrogens is 2. The van der Waals surface area contributed by atoms with E-state index in [4.69, 9.17) is 5.73 Å². The van der Waals surface area contributed by atoms with Crippen molar-refractivity contribution in [2.45, 2.75) is 26.4 Å². The van der Waals surface area contributed by atoms with Gasteiger partial charge in [-0.2, -0.15) is 0 Å². The van der Waals surface area contributed by atoms with Gasteiger partial charge < -0.3 is 15.7 Å². The summed E-state index contributed by atoms with van der Waals surface area (Å²) in [6.07, 6.45) is 2.88. The van der Waals surface area contributed by atoms with Gasteiger partial charge in [-0.1, -0.05) is 44.2 Å². The molecule has 0 aliphatic carbocycles. The molecule has 3 N–H and O–H groups in total. The van der Waals surface area contributed by atoms with Gasteiger partial charge in [-0.25, -0.2) is 9.97 Å². The van der Waals surface area contributed by atoms with Crippen molar-refractivity contribution in [2.24, 2.45) is 5.92 Å². The molecule has 0 fully saturated rings. The fourth-order valence-electron chi connectivity index (χ4n) is 2.44. The van der Waals surface area contributed by atoms with Gasteiger partial charge in [-0.3, -0.25) is 4.79 Å². The van der Waals surface area contributed by atoms with Crippen LogP contribution in [0.1, 0.15) is 29.9 Å². The Balaban J connectivity index is 2.36. The first-order valence-corrected chi connectivity index (χ1v) is 7.56. The zero-order chi connectivity index (χ0) is 16.8. The Morgan fingerprint density at radius 3 is 2.43 bits per heavy atom. The molecule has 0 saturated heterocycles. The fourth-order valence-corrected chi connectivity index (χ4v) is 2.44. The normalized spacial score (nSPS) is 12.2. The lowest BCUT2D eigenvalue weighted by Crippen LogP contribution is -2.45. The second-order valence-corrected chi connectivity index (χ2v) is 5.70. The molecular formula is C17H22N4O2. The monoisotopic (exact) mass is 314 g/mol. The number of carbonyl (C=O) groups excluding carboxylic acids is 1. The highest BCUT2D eigenvalue weighted by Gasteiger charge is 2.29. The molecule has 1 heterocycles. The number of nitrogens with zero attached hydrogens (tertiary/aromatic N) is 3. The summed E-state index contributed by atoms with van der Waals surface area (Å²) in [7, 11) is 0. The lowest BCUT2D eigenvalue weighted by Gasteiger charge is -2.33. The Morgan fingerprint density at radius 2 is 1.87 bits per heavy atom. The van der Waals surface area contributed by atoms with E-state index in [9.17, 15) is 9.90 Å². The smallest absolute Gasteiger partial charge is 0.276 e. The highest BCUT2D eigenvalue weighted by molar-refractivity contribution is 5.96. The van der Waals surface area contributed by atoms with Crippen LogP contribution in [0.15, 0.2) is 42.7 Å². The molecule has 1 aromatic carbocycles. The quantitative estimate of drug-likeness (QED) is 0.847. The van der Waals surface area contributed by atoms with E-state index < -0.39 is 0 Å². The first-order chi connectivity index (χ1) is 11.0. The molecule has 0 aliphatic heterocycles. The second-order valence-electron chi connectivity index (χ2n) is 5.70. The van der Waals surface area contributed by atoms with Gasteiger partial charge >= 0.3 is 0 Å². The second kappa shape index (κ2) is 7.69. The Hall–Kier alpha value is -2.47. The minimum atomic E-state index is -0.330. The van der Waals surface area contributed by atoms with Crippen molar-refractivity contribution < 1.29 is 9.90 Å². The molecule has 6 heteroatoms. The van der Waals surface area contributed by atoms with Gasteiger partial charge in [0, 0.05) is 18.9 Å². The molecule has 122 valence electrons. The molecular weight excluding hydrogens is 292 g/mol. The van der Waals surface area contributed by atoms with Gasteiger partial charge in [0.2, 0.25) is 0 Å². The van der Waals surface area contributed by atoms with Gasteiger partial charge in [0.25, 0.3) is 5.91 Å². The van der Waals surface area contributed by atoms with Crippen molar-refractivity contribution in [3.8, 4) is 0 Å². The Labute approximate surface area is 136 Å². The Kier molecular flexibility index (Phi) is 5.65. The van der Waals surface area contributed by atoms with Gasteiger partial charge in [-0.15, -0.1) is 0 Å². The maximum Gasteiger partial charge on any atom is 0.276 e. The summed E-state index contributed by atoms with van der Waals surface area (Å²) in [5.74, 6) is -0.145. The predicted molar refractivity (Wildman–Crippen MR) is 88.5 cm³/mol. The van der Waals surface area contributed by atoms with E-state index in [0.717, 1.165) is 5.56 Å². The number of amides is 1. The number of aliphatic hydroxyl groups is 1. The van der Waals surface area contributed by atoms with Crippen molar-refractivity contribution >= 4 is 11.7 Å². The number of nitrogen functional groups attached to an aromatic ring is 1. The van der Waals surface area contributed by atoms with Crippen LogP contribution in [-0.4, -0.2) is 38.5 Å². The van der Waals surface area contributed by atoms with Crippen LogP contribution >= 0.6 is 0 Å². The van der Waals surface area contributed by atoms with E-state index in [-0.39, 0.29) is 36.0 Å². The molecule has 2 aromatic rings. The molecule has 0 spiro atoms. The van der Waals surface area contributed by atoms with Crippen molar-refractivity contribution in [2.75, 3.05) is 12.3 Å². The molecule has 1 aromatic heterocycles. The summed E-state index contributed by atoms with van der Waals surface area (Å²) in [6, 6.07) is 9.30. The third kappa shape index (κ3) is 4.04. The van der Waals surface area contributed by atoms with Gasteiger partial charge in [0.05, 0.1) is 12.6 Å². The number of anilines is 1. The predicted octanol–water partition coefficient (Wildman–Crippen LogP) is 1.72. The molecule has 1 amide bonds. The van der Waals surface area contributed by atoms with Gasteiger partial charge in [0.1, 0.15) is 0 Å². The molecule has 0 saturated carbocycles. The van der Waals surface area contributed by atoms with E-state index in [1.165, 1.54) is 12.4 Å². The number of benzene rings is 1. The van der Waals surface area contributed by atoms with Crippen LogP contribution in [0.2, 0.25) is 0 Å². The largest absolute Gasteiger partial charge is 0.394 e. The van der Waals surface area contributed by atoms with Crippen LogP contribution in [0.25, 0.3) is 0 Å². The molecule has 0 radical (unpaired) electrons. The lowest BCUT2D eigenvalue weighted by molar-refractivity contribution is 0.0477. The lowest BCUT2D eigenvalue weighted by atomic mass is 10.0. The van der Waals surface area contributed by atoms with E-state index in [1.807, 2.05) is 44.2 Å². The molecule has 6 nitrogen and oxygen atoms in total. The minimum Gasteiger partial charge on any atom is -0.394 e. The van der Waals surface area contributed by atoms with Crippen LogP contribution in [-0.2, 0) is 6.54 Å². The van der Waals surface area contributed by atoms with Crippen LogP contribution in [0.5, 0.6) is 0 Å². The van der Waals surface area contributed by atoms with E-state index in [0.29, 0.717) is 6.54 Å².